The maximum absolute atomic E-state index is 5.84. The summed E-state index contributed by atoms with van der Waals surface area (Å²) in [6, 6.07) is 0.959. The summed E-state index contributed by atoms with van der Waals surface area (Å²) in [5, 5.41) is 0. The molecule has 2 N–H and O–H groups in total. The fourth-order valence-corrected chi connectivity index (χ4v) is 2.67. The van der Waals surface area contributed by atoms with Crippen LogP contribution in [0.5, 0.6) is 0 Å². The van der Waals surface area contributed by atoms with E-state index in [1.54, 1.807) is 0 Å². The Hall–Kier alpha value is -0.0800. The summed E-state index contributed by atoms with van der Waals surface area (Å²) in [5.74, 6) is 0.944. The zero-order valence-corrected chi connectivity index (χ0v) is 10.7. The molecule has 2 atom stereocenters. The van der Waals surface area contributed by atoms with Crippen LogP contribution in [-0.2, 0) is 0 Å². The molecule has 0 radical (unpaired) electrons. The van der Waals surface area contributed by atoms with Gasteiger partial charge in [0.05, 0.1) is 0 Å². The summed E-state index contributed by atoms with van der Waals surface area (Å²) in [4.78, 5) is 2.50. The van der Waals surface area contributed by atoms with Crippen LogP contribution in [0.4, 0.5) is 0 Å². The molecule has 0 heterocycles. The maximum Gasteiger partial charge on any atom is 0.00786 e. The molecule has 0 saturated heterocycles. The SMILES string of the molecule is CC(N)CC(C)N(C)CC1CCCCC1. The number of nitrogens with two attached hydrogens (primary N) is 1. The van der Waals surface area contributed by atoms with Crippen LogP contribution in [-0.4, -0.2) is 30.6 Å². The molecule has 1 aliphatic rings. The van der Waals surface area contributed by atoms with E-state index in [4.69, 9.17) is 5.73 Å². The Labute approximate surface area is 95.2 Å². The van der Waals surface area contributed by atoms with Gasteiger partial charge >= 0.3 is 0 Å². The summed E-state index contributed by atoms with van der Waals surface area (Å²) in [6.45, 7) is 5.67. The van der Waals surface area contributed by atoms with Crippen molar-refractivity contribution in [1.82, 2.24) is 4.90 Å². The number of hydrogen-bond acceptors (Lipinski definition) is 2. The summed E-state index contributed by atoms with van der Waals surface area (Å²) in [7, 11) is 2.25. The van der Waals surface area contributed by atoms with Gasteiger partial charge in [0, 0.05) is 18.6 Å². The predicted molar refractivity (Wildman–Crippen MR) is 66.9 cm³/mol. The van der Waals surface area contributed by atoms with Crippen LogP contribution in [0, 0.1) is 5.92 Å². The Kier molecular flexibility index (Phi) is 5.62. The first-order valence-electron chi connectivity index (χ1n) is 6.55. The van der Waals surface area contributed by atoms with Crippen LogP contribution in [0.25, 0.3) is 0 Å². The molecule has 1 fully saturated rings. The van der Waals surface area contributed by atoms with Crippen LogP contribution in [0.15, 0.2) is 0 Å². The molecular weight excluding hydrogens is 184 g/mol. The van der Waals surface area contributed by atoms with Gasteiger partial charge in [-0.05, 0) is 46.1 Å². The fraction of sp³-hybridized carbons (Fsp3) is 1.00. The Morgan fingerprint density at radius 2 is 1.80 bits per heavy atom. The highest BCUT2D eigenvalue weighted by Crippen LogP contribution is 2.24. The highest BCUT2D eigenvalue weighted by molar-refractivity contribution is 4.73. The van der Waals surface area contributed by atoms with Crippen LogP contribution < -0.4 is 5.73 Å². The summed E-state index contributed by atoms with van der Waals surface area (Å²) >= 11 is 0. The second-order valence-corrected chi connectivity index (χ2v) is 5.51. The molecular formula is C13H28N2. The van der Waals surface area contributed by atoms with E-state index in [1.807, 2.05) is 0 Å². The zero-order chi connectivity index (χ0) is 11.3. The number of nitrogens with zero attached hydrogens (tertiary/aromatic N) is 1. The van der Waals surface area contributed by atoms with Crippen LogP contribution in [0.1, 0.15) is 52.4 Å². The molecule has 2 nitrogen and oxygen atoms in total. The summed E-state index contributed by atoms with van der Waals surface area (Å²) < 4.78 is 0. The van der Waals surface area contributed by atoms with Crippen molar-refractivity contribution in [3.8, 4) is 0 Å². The Morgan fingerprint density at radius 1 is 1.20 bits per heavy atom. The van der Waals surface area contributed by atoms with Gasteiger partial charge in [-0.1, -0.05) is 19.3 Å². The molecule has 0 aromatic rings. The van der Waals surface area contributed by atoms with Crippen molar-refractivity contribution in [3.63, 3.8) is 0 Å². The van der Waals surface area contributed by atoms with Gasteiger partial charge in [-0.3, -0.25) is 0 Å². The van der Waals surface area contributed by atoms with E-state index >= 15 is 0 Å². The van der Waals surface area contributed by atoms with E-state index in [9.17, 15) is 0 Å². The third-order valence-corrected chi connectivity index (χ3v) is 3.74. The monoisotopic (exact) mass is 212 g/mol. The minimum absolute atomic E-state index is 0.328. The lowest BCUT2D eigenvalue weighted by Crippen LogP contribution is -2.37. The minimum atomic E-state index is 0.328. The van der Waals surface area contributed by atoms with Gasteiger partial charge in [0.2, 0.25) is 0 Å². The number of rotatable bonds is 5. The molecule has 0 aromatic carbocycles. The van der Waals surface area contributed by atoms with E-state index in [1.165, 1.54) is 38.6 Å². The van der Waals surface area contributed by atoms with Crippen molar-refractivity contribution in [2.45, 2.75) is 64.5 Å². The highest BCUT2D eigenvalue weighted by atomic mass is 15.1. The van der Waals surface area contributed by atoms with Gasteiger partial charge in [0.25, 0.3) is 0 Å². The molecule has 2 heteroatoms. The number of hydrogen-bond donors (Lipinski definition) is 1. The lowest BCUT2D eigenvalue weighted by molar-refractivity contribution is 0.180. The summed E-state index contributed by atoms with van der Waals surface area (Å²) in [6.07, 6.45) is 8.34. The van der Waals surface area contributed by atoms with Crippen molar-refractivity contribution in [3.05, 3.63) is 0 Å². The summed E-state index contributed by atoms with van der Waals surface area (Å²) in [5.41, 5.74) is 5.84. The predicted octanol–water partition coefficient (Wildman–Crippen LogP) is 2.62. The Balaban J connectivity index is 2.23. The Morgan fingerprint density at radius 3 is 2.33 bits per heavy atom. The van der Waals surface area contributed by atoms with Gasteiger partial charge in [-0.25, -0.2) is 0 Å². The third-order valence-electron chi connectivity index (χ3n) is 3.74. The average Bonchev–Trinajstić information content (AvgIpc) is 2.18. The topological polar surface area (TPSA) is 29.3 Å². The normalized spacial score (nSPS) is 23.0. The maximum atomic E-state index is 5.84. The van der Waals surface area contributed by atoms with Crippen molar-refractivity contribution in [1.29, 1.82) is 0 Å². The zero-order valence-electron chi connectivity index (χ0n) is 10.7. The lowest BCUT2D eigenvalue weighted by atomic mass is 9.88. The van der Waals surface area contributed by atoms with Crippen molar-refractivity contribution in [2.75, 3.05) is 13.6 Å². The van der Waals surface area contributed by atoms with Gasteiger partial charge in [-0.15, -0.1) is 0 Å². The standard InChI is InChI=1S/C13H28N2/c1-11(14)9-12(2)15(3)10-13-7-5-4-6-8-13/h11-13H,4-10,14H2,1-3H3. The van der Waals surface area contributed by atoms with Crippen LogP contribution >= 0.6 is 0 Å². The van der Waals surface area contributed by atoms with Crippen LogP contribution in [0.2, 0.25) is 0 Å². The van der Waals surface area contributed by atoms with E-state index in [-0.39, 0.29) is 0 Å². The smallest absolute Gasteiger partial charge is 0.00786 e. The molecule has 15 heavy (non-hydrogen) atoms. The first-order chi connectivity index (χ1) is 7.09. The molecule has 0 aliphatic heterocycles. The molecule has 0 spiro atoms. The van der Waals surface area contributed by atoms with Gasteiger partial charge in [0.15, 0.2) is 0 Å². The van der Waals surface area contributed by atoms with Crippen molar-refractivity contribution in [2.24, 2.45) is 11.7 Å². The second kappa shape index (κ2) is 6.49. The molecule has 2 unspecified atom stereocenters. The van der Waals surface area contributed by atoms with Gasteiger partial charge in [0.1, 0.15) is 0 Å². The molecule has 0 aromatic heterocycles. The largest absolute Gasteiger partial charge is 0.328 e. The van der Waals surface area contributed by atoms with Gasteiger partial charge in [-0.2, -0.15) is 0 Å². The quantitative estimate of drug-likeness (QED) is 0.759. The van der Waals surface area contributed by atoms with Crippen LogP contribution in [0.3, 0.4) is 0 Å². The molecule has 1 saturated carbocycles. The molecule has 0 bridgehead atoms. The second-order valence-electron chi connectivity index (χ2n) is 5.51. The van der Waals surface area contributed by atoms with E-state index < -0.39 is 0 Å². The molecule has 90 valence electrons. The fourth-order valence-electron chi connectivity index (χ4n) is 2.67. The Bertz CT molecular complexity index is 162. The highest BCUT2D eigenvalue weighted by Gasteiger charge is 2.18. The van der Waals surface area contributed by atoms with E-state index in [0.717, 1.165) is 12.3 Å². The van der Waals surface area contributed by atoms with E-state index in [2.05, 4.69) is 25.8 Å². The van der Waals surface area contributed by atoms with E-state index in [0.29, 0.717) is 12.1 Å². The lowest BCUT2D eigenvalue weighted by Gasteiger charge is -2.31. The molecule has 1 aliphatic carbocycles. The first kappa shape index (κ1) is 13.0. The van der Waals surface area contributed by atoms with Crippen molar-refractivity contribution >= 4 is 0 Å². The van der Waals surface area contributed by atoms with Gasteiger partial charge < -0.3 is 10.6 Å². The first-order valence-corrected chi connectivity index (χ1v) is 6.55. The minimum Gasteiger partial charge on any atom is -0.328 e. The molecule has 0 amide bonds. The molecule has 1 rings (SSSR count). The average molecular weight is 212 g/mol. The van der Waals surface area contributed by atoms with Crippen molar-refractivity contribution < 1.29 is 0 Å². The third kappa shape index (κ3) is 4.98.